The highest BCUT2D eigenvalue weighted by atomic mass is 15.0. The zero-order valence-corrected chi connectivity index (χ0v) is 31.0. The van der Waals surface area contributed by atoms with Gasteiger partial charge in [-0.25, -0.2) is 15.0 Å². The number of hydrogen-bond acceptors (Lipinski definition) is 3. The van der Waals surface area contributed by atoms with Gasteiger partial charge in [-0.3, -0.25) is 0 Å². The predicted molar refractivity (Wildman–Crippen MR) is 234 cm³/mol. The number of nitrogens with zero attached hydrogens (tertiary/aromatic N) is 3. The van der Waals surface area contributed by atoms with Crippen LogP contribution in [0.25, 0.3) is 78.0 Å². The molecule has 1 heterocycles. The Balaban J connectivity index is 1.11. The van der Waals surface area contributed by atoms with Gasteiger partial charge in [-0.2, -0.15) is 0 Å². The molecule has 0 saturated carbocycles. The van der Waals surface area contributed by atoms with E-state index in [4.69, 9.17) is 15.0 Å². The van der Waals surface area contributed by atoms with Crippen molar-refractivity contribution in [1.82, 2.24) is 15.0 Å². The van der Waals surface area contributed by atoms with E-state index in [0.717, 1.165) is 38.6 Å². The first kappa shape index (κ1) is 32.9. The molecule has 10 aromatic rings. The Morgan fingerprint density at radius 1 is 0.281 bits per heavy atom. The Labute approximate surface area is 331 Å². The number of benzene rings is 9. The van der Waals surface area contributed by atoms with Crippen molar-refractivity contribution in [3.8, 4) is 56.4 Å². The second-order valence-electron chi connectivity index (χ2n) is 14.8. The average Bonchev–Trinajstić information content (AvgIpc) is 3.58. The largest absolute Gasteiger partial charge is 0.208 e. The fraction of sp³-hybridized carbons (Fsp3) is 0.0185. The Kier molecular flexibility index (Phi) is 7.71. The second-order valence-corrected chi connectivity index (χ2v) is 14.8. The van der Waals surface area contributed by atoms with Crippen molar-refractivity contribution in [2.45, 2.75) is 5.41 Å². The molecule has 3 heteroatoms. The highest BCUT2D eigenvalue weighted by Gasteiger charge is 2.46. The molecule has 1 aromatic heterocycles. The van der Waals surface area contributed by atoms with Crippen molar-refractivity contribution < 1.29 is 0 Å². The summed E-state index contributed by atoms with van der Waals surface area (Å²) in [4.78, 5) is 15.2. The van der Waals surface area contributed by atoms with Crippen LogP contribution >= 0.6 is 0 Å². The third kappa shape index (κ3) is 5.39. The van der Waals surface area contributed by atoms with Gasteiger partial charge in [0.2, 0.25) is 0 Å². The Morgan fingerprint density at radius 3 is 1.49 bits per heavy atom. The molecule has 0 fully saturated rings. The molecular weight excluding hydrogens is 691 g/mol. The van der Waals surface area contributed by atoms with Gasteiger partial charge in [0, 0.05) is 16.7 Å². The zero-order valence-electron chi connectivity index (χ0n) is 31.0. The van der Waals surface area contributed by atoms with Gasteiger partial charge in [0.1, 0.15) is 0 Å². The van der Waals surface area contributed by atoms with Crippen LogP contribution in [0.1, 0.15) is 22.3 Å². The topological polar surface area (TPSA) is 38.7 Å². The standard InChI is InChI=1S/C54H35N3/c1-5-17-36(18-6-1)51-55-52(37-19-7-2-8-20-37)57-53(56-51)48-34-42(32-40-21-13-14-26-45(40)48)38-29-30-39-35-50-47(33-41(39)31-38)46-27-15-16-28-49(46)54(50,43-22-9-3-10-23-43)44-24-11-4-12-25-44/h1-35H. The summed E-state index contributed by atoms with van der Waals surface area (Å²) in [6.45, 7) is 0. The number of hydrogen-bond donors (Lipinski definition) is 0. The molecule has 57 heavy (non-hydrogen) atoms. The first-order valence-electron chi connectivity index (χ1n) is 19.4. The van der Waals surface area contributed by atoms with Gasteiger partial charge in [0.15, 0.2) is 17.5 Å². The maximum Gasteiger partial charge on any atom is 0.164 e. The maximum atomic E-state index is 5.14. The van der Waals surface area contributed by atoms with Gasteiger partial charge < -0.3 is 0 Å². The molecule has 0 aliphatic heterocycles. The van der Waals surface area contributed by atoms with Crippen molar-refractivity contribution in [1.29, 1.82) is 0 Å². The molecule has 0 bridgehead atoms. The SMILES string of the molecule is c1ccc(-c2nc(-c3ccccc3)nc(-c3cc(-c4ccc5cc6c(cc5c4)-c4ccccc4C6(c4ccccc4)c4ccccc4)cc4ccccc34)n2)cc1. The predicted octanol–water partition coefficient (Wildman–Crippen LogP) is 13.2. The summed E-state index contributed by atoms with van der Waals surface area (Å²) in [6, 6.07) is 76.0. The molecule has 0 unspecified atom stereocenters. The van der Waals surface area contributed by atoms with Crippen molar-refractivity contribution in [2.75, 3.05) is 0 Å². The van der Waals surface area contributed by atoms with Gasteiger partial charge in [-0.05, 0) is 96.4 Å². The molecule has 1 aliphatic rings. The van der Waals surface area contributed by atoms with E-state index in [-0.39, 0.29) is 0 Å². The minimum absolute atomic E-state index is 0.434. The molecule has 9 aromatic carbocycles. The van der Waals surface area contributed by atoms with E-state index in [9.17, 15) is 0 Å². The van der Waals surface area contributed by atoms with Gasteiger partial charge in [0.25, 0.3) is 0 Å². The maximum absolute atomic E-state index is 5.14. The van der Waals surface area contributed by atoms with Crippen LogP contribution in [0.2, 0.25) is 0 Å². The molecule has 0 spiro atoms. The summed E-state index contributed by atoms with van der Waals surface area (Å²) in [5.74, 6) is 1.95. The first-order chi connectivity index (χ1) is 28.2. The average molecular weight is 726 g/mol. The molecular formula is C54H35N3. The van der Waals surface area contributed by atoms with E-state index in [1.54, 1.807) is 0 Å². The van der Waals surface area contributed by atoms with E-state index in [2.05, 4.69) is 176 Å². The molecule has 3 nitrogen and oxygen atoms in total. The second kappa shape index (κ2) is 13.4. The Bertz CT molecular complexity index is 3010. The Hall–Kier alpha value is -7.49. The summed E-state index contributed by atoms with van der Waals surface area (Å²) in [6.07, 6.45) is 0. The molecule has 0 N–H and O–H groups in total. The monoisotopic (exact) mass is 725 g/mol. The summed E-state index contributed by atoms with van der Waals surface area (Å²) < 4.78 is 0. The van der Waals surface area contributed by atoms with Crippen molar-refractivity contribution >= 4 is 21.5 Å². The third-order valence-corrected chi connectivity index (χ3v) is 11.6. The molecule has 1 aliphatic carbocycles. The molecule has 0 amide bonds. The van der Waals surface area contributed by atoms with Gasteiger partial charge in [-0.1, -0.05) is 182 Å². The van der Waals surface area contributed by atoms with Crippen LogP contribution in [0.3, 0.4) is 0 Å². The van der Waals surface area contributed by atoms with Crippen LogP contribution in [0.15, 0.2) is 212 Å². The number of rotatable bonds is 6. The highest BCUT2D eigenvalue weighted by molar-refractivity contribution is 6.01. The van der Waals surface area contributed by atoms with E-state index >= 15 is 0 Å². The molecule has 266 valence electrons. The van der Waals surface area contributed by atoms with Gasteiger partial charge in [-0.15, -0.1) is 0 Å². The van der Waals surface area contributed by atoms with Crippen LogP contribution in [0.5, 0.6) is 0 Å². The van der Waals surface area contributed by atoms with Crippen LogP contribution in [-0.4, -0.2) is 15.0 Å². The smallest absolute Gasteiger partial charge is 0.164 e. The van der Waals surface area contributed by atoms with Gasteiger partial charge >= 0.3 is 0 Å². The number of aromatic nitrogens is 3. The number of fused-ring (bicyclic) bond motifs is 5. The first-order valence-corrected chi connectivity index (χ1v) is 19.4. The Morgan fingerprint density at radius 2 is 0.825 bits per heavy atom. The van der Waals surface area contributed by atoms with Crippen molar-refractivity contribution in [3.63, 3.8) is 0 Å². The fourth-order valence-corrected chi connectivity index (χ4v) is 8.96. The highest BCUT2D eigenvalue weighted by Crippen LogP contribution is 2.57. The van der Waals surface area contributed by atoms with Crippen LogP contribution < -0.4 is 0 Å². The summed E-state index contributed by atoms with van der Waals surface area (Å²) in [5, 5.41) is 4.64. The van der Waals surface area contributed by atoms with Crippen LogP contribution in [-0.2, 0) is 5.41 Å². The molecule has 0 saturated heterocycles. The molecule has 11 rings (SSSR count). The van der Waals surface area contributed by atoms with E-state index in [0.29, 0.717) is 17.5 Å². The molecule has 0 radical (unpaired) electrons. The van der Waals surface area contributed by atoms with Crippen molar-refractivity contribution in [3.05, 3.63) is 235 Å². The fourth-order valence-electron chi connectivity index (χ4n) is 8.96. The normalized spacial score (nSPS) is 12.7. The van der Waals surface area contributed by atoms with E-state index in [1.807, 2.05) is 36.4 Å². The minimum atomic E-state index is -0.434. The van der Waals surface area contributed by atoms with Crippen molar-refractivity contribution in [2.24, 2.45) is 0 Å². The quantitative estimate of drug-likeness (QED) is 0.171. The lowest BCUT2D eigenvalue weighted by atomic mass is 9.67. The van der Waals surface area contributed by atoms with Crippen LogP contribution in [0.4, 0.5) is 0 Å². The summed E-state index contributed by atoms with van der Waals surface area (Å²) in [7, 11) is 0. The lowest BCUT2D eigenvalue weighted by molar-refractivity contribution is 0.769. The third-order valence-electron chi connectivity index (χ3n) is 11.6. The zero-order chi connectivity index (χ0) is 37.8. The lowest BCUT2D eigenvalue weighted by Gasteiger charge is -2.34. The van der Waals surface area contributed by atoms with Crippen LogP contribution in [0, 0.1) is 0 Å². The van der Waals surface area contributed by atoms with Gasteiger partial charge in [0.05, 0.1) is 5.41 Å². The summed E-state index contributed by atoms with van der Waals surface area (Å²) in [5.41, 5.74) is 12.4. The van der Waals surface area contributed by atoms with E-state index in [1.165, 1.54) is 44.2 Å². The van der Waals surface area contributed by atoms with E-state index < -0.39 is 5.41 Å². The molecule has 0 atom stereocenters. The minimum Gasteiger partial charge on any atom is -0.208 e. The lowest BCUT2D eigenvalue weighted by Crippen LogP contribution is -2.28. The summed E-state index contributed by atoms with van der Waals surface area (Å²) >= 11 is 0.